The van der Waals surface area contributed by atoms with Crippen molar-refractivity contribution in [1.29, 1.82) is 0 Å². The van der Waals surface area contributed by atoms with Gasteiger partial charge in [-0.15, -0.1) is 0 Å². The van der Waals surface area contributed by atoms with Crippen LogP contribution in [0.5, 0.6) is 0 Å². The van der Waals surface area contributed by atoms with E-state index in [0.717, 1.165) is 0 Å². The molecule has 0 aliphatic rings. The Balaban J connectivity index is 2.28. The first-order valence-corrected chi connectivity index (χ1v) is 4.61. The SMILES string of the molecule is CC(C)OCCNc1ncncc1N. The number of ether oxygens (including phenoxy) is 1. The lowest BCUT2D eigenvalue weighted by atomic mass is 10.4. The number of aromatic nitrogens is 2. The smallest absolute Gasteiger partial charge is 0.152 e. The van der Waals surface area contributed by atoms with E-state index in [-0.39, 0.29) is 6.10 Å². The molecular weight excluding hydrogens is 180 g/mol. The molecule has 0 aliphatic heterocycles. The quantitative estimate of drug-likeness (QED) is 0.684. The van der Waals surface area contributed by atoms with Crippen LogP contribution in [0.25, 0.3) is 0 Å². The van der Waals surface area contributed by atoms with E-state index in [4.69, 9.17) is 10.5 Å². The van der Waals surface area contributed by atoms with Gasteiger partial charge in [-0.1, -0.05) is 0 Å². The van der Waals surface area contributed by atoms with Crippen LogP contribution in [0.4, 0.5) is 11.5 Å². The van der Waals surface area contributed by atoms with Gasteiger partial charge in [0, 0.05) is 6.54 Å². The van der Waals surface area contributed by atoms with Crippen molar-refractivity contribution >= 4 is 11.5 Å². The number of nitrogen functional groups attached to an aromatic ring is 1. The van der Waals surface area contributed by atoms with Gasteiger partial charge in [0.15, 0.2) is 5.82 Å². The fourth-order valence-electron chi connectivity index (χ4n) is 0.952. The van der Waals surface area contributed by atoms with E-state index in [1.807, 2.05) is 13.8 Å². The lowest BCUT2D eigenvalue weighted by molar-refractivity contribution is 0.0870. The van der Waals surface area contributed by atoms with Crippen molar-refractivity contribution < 1.29 is 4.74 Å². The van der Waals surface area contributed by atoms with Crippen LogP contribution in [0.3, 0.4) is 0 Å². The zero-order chi connectivity index (χ0) is 10.4. The number of rotatable bonds is 5. The third-order valence-corrected chi connectivity index (χ3v) is 1.59. The van der Waals surface area contributed by atoms with Crippen molar-refractivity contribution in [3.63, 3.8) is 0 Å². The minimum absolute atomic E-state index is 0.250. The van der Waals surface area contributed by atoms with Crippen LogP contribution in [0.1, 0.15) is 13.8 Å². The molecule has 1 aromatic heterocycles. The van der Waals surface area contributed by atoms with Crippen LogP contribution in [0.2, 0.25) is 0 Å². The van der Waals surface area contributed by atoms with Gasteiger partial charge >= 0.3 is 0 Å². The van der Waals surface area contributed by atoms with Crippen molar-refractivity contribution in [3.8, 4) is 0 Å². The van der Waals surface area contributed by atoms with E-state index in [0.29, 0.717) is 24.7 Å². The second-order valence-electron chi connectivity index (χ2n) is 3.17. The Morgan fingerprint density at radius 3 is 3.00 bits per heavy atom. The minimum atomic E-state index is 0.250. The van der Waals surface area contributed by atoms with Crippen LogP contribution in [-0.2, 0) is 4.74 Å². The summed E-state index contributed by atoms with van der Waals surface area (Å²) in [6, 6.07) is 0. The molecule has 5 nitrogen and oxygen atoms in total. The zero-order valence-electron chi connectivity index (χ0n) is 8.53. The first-order chi connectivity index (χ1) is 6.70. The van der Waals surface area contributed by atoms with E-state index in [2.05, 4.69) is 15.3 Å². The number of nitrogens with zero attached hydrogens (tertiary/aromatic N) is 2. The molecule has 0 unspecified atom stereocenters. The maximum absolute atomic E-state index is 5.63. The highest BCUT2D eigenvalue weighted by Gasteiger charge is 1.98. The molecule has 0 spiro atoms. The monoisotopic (exact) mass is 196 g/mol. The molecule has 78 valence electrons. The van der Waals surface area contributed by atoms with E-state index in [9.17, 15) is 0 Å². The van der Waals surface area contributed by atoms with Gasteiger partial charge in [-0.2, -0.15) is 0 Å². The highest BCUT2D eigenvalue weighted by atomic mass is 16.5. The van der Waals surface area contributed by atoms with E-state index < -0.39 is 0 Å². The average Bonchev–Trinajstić information content (AvgIpc) is 2.15. The van der Waals surface area contributed by atoms with Crippen molar-refractivity contribution in [2.75, 3.05) is 24.2 Å². The van der Waals surface area contributed by atoms with Crippen LogP contribution in [0.15, 0.2) is 12.5 Å². The molecule has 5 heteroatoms. The summed E-state index contributed by atoms with van der Waals surface area (Å²) in [4.78, 5) is 7.79. The molecular formula is C9H16N4O. The lowest BCUT2D eigenvalue weighted by Gasteiger charge is -2.09. The molecule has 0 aromatic carbocycles. The predicted octanol–water partition coefficient (Wildman–Crippen LogP) is 0.896. The van der Waals surface area contributed by atoms with Crippen LogP contribution >= 0.6 is 0 Å². The summed E-state index contributed by atoms with van der Waals surface area (Å²) in [6.45, 7) is 5.33. The molecule has 0 fully saturated rings. The Bertz CT molecular complexity index is 277. The fourth-order valence-corrected chi connectivity index (χ4v) is 0.952. The van der Waals surface area contributed by atoms with Gasteiger partial charge in [0.2, 0.25) is 0 Å². The summed E-state index contributed by atoms with van der Waals surface area (Å²) < 4.78 is 5.36. The molecule has 1 rings (SSSR count). The molecule has 0 atom stereocenters. The summed E-state index contributed by atoms with van der Waals surface area (Å²) in [5.41, 5.74) is 6.19. The standard InChI is InChI=1S/C9H16N4O/c1-7(2)14-4-3-12-9-8(10)5-11-6-13-9/h5-7H,3-4,10H2,1-2H3,(H,11,12,13). The molecule has 0 saturated heterocycles. The fraction of sp³-hybridized carbons (Fsp3) is 0.556. The topological polar surface area (TPSA) is 73.1 Å². The number of hydrogen-bond donors (Lipinski definition) is 2. The van der Waals surface area contributed by atoms with Crippen LogP contribution in [-0.4, -0.2) is 29.2 Å². The largest absolute Gasteiger partial charge is 0.394 e. The molecule has 0 aliphatic carbocycles. The van der Waals surface area contributed by atoms with Crippen LogP contribution < -0.4 is 11.1 Å². The highest BCUT2D eigenvalue weighted by molar-refractivity contribution is 5.58. The average molecular weight is 196 g/mol. The van der Waals surface area contributed by atoms with Gasteiger partial charge in [-0.05, 0) is 13.8 Å². The maximum atomic E-state index is 5.63. The Kier molecular flexibility index (Phi) is 4.12. The Morgan fingerprint density at radius 1 is 1.57 bits per heavy atom. The van der Waals surface area contributed by atoms with Gasteiger partial charge in [0.25, 0.3) is 0 Å². The third kappa shape index (κ3) is 3.57. The molecule has 0 amide bonds. The van der Waals surface area contributed by atoms with E-state index in [1.54, 1.807) is 6.20 Å². The highest BCUT2D eigenvalue weighted by Crippen LogP contribution is 2.10. The zero-order valence-corrected chi connectivity index (χ0v) is 8.53. The van der Waals surface area contributed by atoms with Crippen molar-refractivity contribution in [2.45, 2.75) is 20.0 Å². The number of hydrogen-bond acceptors (Lipinski definition) is 5. The maximum Gasteiger partial charge on any atom is 0.152 e. The number of anilines is 2. The molecule has 0 radical (unpaired) electrons. The molecule has 1 heterocycles. The number of nitrogens with two attached hydrogens (primary N) is 1. The molecule has 3 N–H and O–H groups in total. The van der Waals surface area contributed by atoms with Crippen molar-refractivity contribution in [1.82, 2.24) is 9.97 Å². The van der Waals surface area contributed by atoms with E-state index >= 15 is 0 Å². The molecule has 0 saturated carbocycles. The summed E-state index contributed by atoms with van der Waals surface area (Å²) >= 11 is 0. The molecule has 0 bridgehead atoms. The summed E-state index contributed by atoms with van der Waals surface area (Å²) in [6.07, 6.45) is 3.28. The molecule has 14 heavy (non-hydrogen) atoms. The Hall–Kier alpha value is -1.36. The number of nitrogens with one attached hydrogen (secondary N) is 1. The summed E-state index contributed by atoms with van der Waals surface area (Å²) in [7, 11) is 0. The minimum Gasteiger partial charge on any atom is -0.394 e. The predicted molar refractivity (Wildman–Crippen MR) is 56.0 cm³/mol. The molecule has 1 aromatic rings. The second kappa shape index (κ2) is 5.39. The summed E-state index contributed by atoms with van der Waals surface area (Å²) in [5, 5.41) is 3.07. The van der Waals surface area contributed by atoms with Gasteiger partial charge in [-0.25, -0.2) is 9.97 Å². The van der Waals surface area contributed by atoms with Gasteiger partial charge in [-0.3, -0.25) is 0 Å². The Morgan fingerprint density at radius 2 is 2.36 bits per heavy atom. The van der Waals surface area contributed by atoms with Gasteiger partial charge in [0.1, 0.15) is 6.33 Å². The van der Waals surface area contributed by atoms with Crippen molar-refractivity contribution in [2.24, 2.45) is 0 Å². The second-order valence-corrected chi connectivity index (χ2v) is 3.17. The van der Waals surface area contributed by atoms with Crippen molar-refractivity contribution in [3.05, 3.63) is 12.5 Å². The first-order valence-electron chi connectivity index (χ1n) is 4.61. The van der Waals surface area contributed by atoms with Crippen LogP contribution in [0, 0.1) is 0 Å². The van der Waals surface area contributed by atoms with Gasteiger partial charge < -0.3 is 15.8 Å². The lowest BCUT2D eigenvalue weighted by Crippen LogP contribution is -2.14. The first kappa shape index (κ1) is 10.7. The summed E-state index contributed by atoms with van der Waals surface area (Å²) in [5.74, 6) is 0.660. The van der Waals surface area contributed by atoms with E-state index in [1.165, 1.54) is 6.33 Å². The van der Waals surface area contributed by atoms with Gasteiger partial charge in [0.05, 0.1) is 24.6 Å². The third-order valence-electron chi connectivity index (χ3n) is 1.59. The Labute approximate surface area is 83.7 Å². The normalized spacial score (nSPS) is 10.5.